The lowest BCUT2D eigenvalue weighted by Crippen LogP contribution is -2.43. The molecular weight excluding hydrogens is 476 g/mol. The van der Waals surface area contributed by atoms with Crippen molar-refractivity contribution in [3.63, 3.8) is 0 Å². The standard InChI is InChI=1S/C25H26BrF2N3O/c26-19-10-8-18(9-11-19)16-30-14-4-7-22(30)17-31(21-5-2-1-3-6-21)25(32)29-20-12-13-23(27)24(28)15-20/h4,7-15,21H,1-3,5-6,16-17H2,(H,29,32). The normalized spacial score (nSPS) is 14.3. The molecule has 4 nitrogen and oxygen atoms in total. The average molecular weight is 502 g/mol. The largest absolute Gasteiger partial charge is 0.345 e. The molecule has 1 aliphatic rings. The molecule has 1 aliphatic carbocycles. The van der Waals surface area contributed by atoms with Crippen molar-refractivity contribution in [2.75, 3.05) is 5.32 Å². The number of urea groups is 1. The molecule has 32 heavy (non-hydrogen) atoms. The van der Waals surface area contributed by atoms with Crippen molar-refractivity contribution >= 4 is 27.6 Å². The summed E-state index contributed by atoms with van der Waals surface area (Å²) in [5.41, 5.74) is 2.44. The SMILES string of the molecule is O=C(Nc1ccc(F)c(F)c1)N(Cc1cccn1Cc1ccc(Br)cc1)C1CCCCC1. The van der Waals surface area contributed by atoms with Gasteiger partial charge in [0.25, 0.3) is 0 Å². The summed E-state index contributed by atoms with van der Waals surface area (Å²) in [6.45, 7) is 1.16. The molecule has 0 unspecified atom stereocenters. The minimum absolute atomic E-state index is 0.116. The second-order valence-corrected chi connectivity index (χ2v) is 9.15. The third kappa shape index (κ3) is 5.57. The summed E-state index contributed by atoms with van der Waals surface area (Å²) < 4.78 is 30.1. The van der Waals surface area contributed by atoms with Crippen LogP contribution in [0.2, 0.25) is 0 Å². The molecule has 0 spiro atoms. The molecule has 1 N–H and O–H groups in total. The maximum atomic E-state index is 13.6. The number of amides is 2. The van der Waals surface area contributed by atoms with E-state index >= 15 is 0 Å². The smallest absolute Gasteiger partial charge is 0.322 e. The Kier molecular flexibility index (Phi) is 7.25. The van der Waals surface area contributed by atoms with Crippen LogP contribution >= 0.6 is 15.9 Å². The molecular formula is C25H26BrF2N3O. The average Bonchev–Trinajstić information content (AvgIpc) is 3.23. The maximum absolute atomic E-state index is 13.6. The van der Waals surface area contributed by atoms with Gasteiger partial charge in [0.15, 0.2) is 11.6 Å². The van der Waals surface area contributed by atoms with Gasteiger partial charge in [-0.15, -0.1) is 0 Å². The number of benzene rings is 2. The third-order valence-electron chi connectivity index (χ3n) is 5.97. The summed E-state index contributed by atoms with van der Waals surface area (Å²) in [5.74, 6) is -1.91. The van der Waals surface area contributed by atoms with Gasteiger partial charge in [-0.3, -0.25) is 0 Å². The van der Waals surface area contributed by atoms with Gasteiger partial charge in [0.2, 0.25) is 0 Å². The van der Waals surface area contributed by atoms with Crippen LogP contribution in [0.15, 0.2) is 65.3 Å². The molecule has 2 amide bonds. The van der Waals surface area contributed by atoms with E-state index in [1.807, 2.05) is 35.4 Å². The predicted molar refractivity (Wildman–Crippen MR) is 125 cm³/mol. The zero-order valence-electron chi connectivity index (χ0n) is 17.7. The first-order valence-electron chi connectivity index (χ1n) is 10.9. The van der Waals surface area contributed by atoms with E-state index in [4.69, 9.17) is 0 Å². The first-order valence-corrected chi connectivity index (χ1v) is 11.7. The van der Waals surface area contributed by atoms with Crippen molar-refractivity contribution in [1.82, 2.24) is 9.47 Å². The van der Waals surface area contributed by atoms with E-state index in [0.717, 1.165) is 48.0 Å². The highest BCUT2D eigenvalue weighted by Crippen LogP contribution is 2.26. The van der Waals surface area contributed by atoms with Gasteiger partial charge in [-0.1, -0.05) is 47.3 Å². The summed E-state index contributed by atoms with van der Waals surface area (Å²) in [5, 5.41) is 2.76. The lowest BCUT2D eigenvalue weighted by atomic mass is 9.94. The van der Waals surface area contributed by atoms with Crippen LogP contribution in [-0.2, 0) is 13.1 Å². The Morgan fingerprint density at radius 3 is 2.50 bits per heavy atom. The summed E-state index contributed by atoms with van der Waals surface area (Å²) in [6.07, 6.45) is 7.25. The van der Waals surface area contributed by atoms with Gasteiger partial charge in [0.05, 0.1) is 6.54 Å². The number of halogens is 3. The minimum Gasteiger partial charge on any atom is -0.345 e. The Balaban J connectivity index is 1.53. The highest BCUT2D eigenvalue weighted by atomic mass is 79.9. The van der Waals surface area contributed by atoms with Crippen molar-refractivity contribution in [1.29, 1.82) is 0 Å². The number of carbonyl (C=O) groups is 1. The topological polar surface area (TPSA) is 37.3 Å². The summed E-state index contributed by atoms with van der Waals surface area (Å²) >= 11 is 3.46. The highest BCUT2D eigenvalue weighted by molar-refractivity contribution is 9.10. The second kappa shape index (κ2) is 10.3. The van der Waals surface area contributed by atoms with E-state index in [1.165, 1.54) is 18.1 Å². The fourth-order valence-corrected chi connectivity index (χ4v) is 4.50. The molecule has 0 bridgehead atoms. The summed E-state index contributed by atoms with van der Waals surface area (Å²) in [7, 11) is 0. The Morgan fingerprint density at radius 1 is 1.03 bits per heavy atom. The molecule has 0 aliphatic heterocycles. The van der Waals surface area contributed by atoms with Crippen molar-refractivity contribution in [2.45, 2.75) is 51.2 Å². The van der Waals surface area contributed by atoms with Gasteiger partial charge in [0.1, 0.15) is 0 Å². The van der Waals surface area contributed by atoms with Crippen LogP contribution in [0.3, 0.4) is 0 Å². The molecule has 0 radical (unpaired) electrons. The van der Waals surface area contributed by atoms with Crippen LogP contribution in [0.25, 0.3) is 0 Å². The van der Waals surface area contributed by atoms with Gasteiger partial charge in [-0.25, -0.2) is 13.6 Å². The van der Waals surface area contributed by atoms with Crippen LogP contribution < -0.4 is 5.32 Å². The summed E-state index contributed by atoms with van der Waals surface area (Å²) in [4.78, 5) is 15.1. The number of aromatic nitrogens is 1. The number of carbonyl (C=O) groups excluding carboxylic acids is 1. The number of rotatable bonds is 6. The molecule has 2 aromatic carbocycles. The second-order valence-electron chi connectivity index (χ2n) is 8.23. The van der Waals surface area contributed by atoms with Gasteiger partial charge < -0.3 is 14.8 Å². The Hall–Kier alpha value is -2.67. The van der Waals surface area contributed by atoms with Crippen LogP contribution in [0.1, 0.15) is 43.4 Å². The molecule has 4 rings (SSSR count). The fourth-order valence-electron chi connectivity index (χ4n) is 4.24. The molecule has 1 aromatic heterocycles. The van der Waals surface area contributed by atoms with Gasteiger partial charge >= 0.3 is 6.03 Å². The molecule has 0 atom stereocenters. The maximum Gasteiger partial charge on any atom is 0.322 e. The molecule has 1 saturated carbocycles. The van der Waals surface area contributed by atoms with Crippen LogP contribution in [0, 0.1) is 11.6 Å². The molecule has 7 heteroatoms. The van der Waals surface area contributed by atoms with Crippen molar-refractivity contribution in [2.24, 2.45) is 0 Å². The quantitative estimate of drug-likeness (QED) is 0.390. The lowest BCUT2D eigenvalue weighted by molar-refractivity contribution is 0.161. The number of anilines is 1. The number of nitrogens with zero attached hydrogens (tertiary/aromatic N) is 2. The van der Waals surface area contributed by atoms with Gasteiger partial charge in [-0.2, -0.15) is 0 Å². The Morgan fingerprint density at radius 2 is 1.78 bits per heavy atom. The molecule has 0 saturated heterocycles. The number of hydrogen-bond acceptors (Lipinski definition) is 1. The van der Waals surface area contributed by atoms with E-state index in [0.29, 0.717) is 13.1 Å². The molecule has 1 fully saturated rings. The van der Waals surface area contributed by atoms with E-state index in [9.17, 15) is 13.6 Å². The first-order chi connectivity index (χ1) is 15.5. The van der Waals surface area contributed by atoms with E-state index in [2.05, 4.69) is 37.9 Å². The van der Waals surface area contributed by atoms with Gasteiger partial charge in [0, 0.05) is 40.7 Å². The molecule has 1 heterocycles. The fraction of sp³-hybridized carbons (Fsp3) is 0.320. The highest BCUT2D eigenvalue weighted by Gasteiger charge is 2.26. The Labute approximate surface area is 195 Å². The molecule has 3 aromatic rings. The number of hydrogen-bond donors (Lipinski definition) is 1. The predicted octanol–water partition coefficient (Wildman–Crippen LogP) is 6.94. The summed E-state index contributed by atoms with van der Waals surface area (Å²) in [6, 6.07) is 15.4. The monoisotopic (exact) mass is 501 g/mol. The van der Waals surface area contributed by atoms with E-state index < -0.39 is 11.6 Å². The Bertz CT molecular complexity index is 1060. The molecule has 168 valence electrons. The van der Waals surface area contributed by atoms with Gasteiger partial charge in [-0.05, 0) is 54.8 Å². The zero-order chi connectivity index (χ0) is 22.5. The van der Waals surface area contributed by atoms with E-state index in [-0.39, 0.29) is 17.8 Å². The van der Waals surface area contributed by atoms with Crippen molar-refractivity contribution in [3.05, 3.63) is 88.2 Å². The lowest BCUT2D eigenvalue weighted by Gasteiger charge is -2.34. The first kappa shape index (κ1) is 22.5. The van der Waals surface area contributed by atoms with Crippen molar-refractivity contribution < 1.29 is 13.6 Å². The zero-order valence-corrected chi connectivity index (χ0v) is 19.3. The minimum atomic E-state index is -0.976. The van der Waals surface area contributed by atoms with Crippen LogP contribution in [-0.4, -0.2) is 21.5 Å². The third-order valence-corrected chi connectivity index (χ3v) is 6.50. The van der Waals surface area contributed by atoms with E-state index in [1.54, 1.807) is 0 Å². The van der Waals surface area contributed by atoms with Crippen molar-refractivity contribution in [3.8, 4) is 0 Å². The van der Waals surface area contributed by atoms with Crippen LogP contribution in [0.5, 0.6) is 0 Å². The van der Waals surface area contributed by atoms with Crippen LogP contribution in [0.4, 0.5) is 19.3 Å². The number of nitrogens with one attached hydrogen (secondary N) is 1.